The lowest BCUT2D eigenvalue weighted by molar-refractivity contribution is -0.218. The van der Waals surface area contributed by atoms with E-state index in [0.717, 1.165) is 60.7 Å². The van der Waals surface area contributed by atoms with E-state index in [0.29, 0.717) is 12.4 Å². The third-order valence-corrected chi connectivity index (χ3v) is 6.80. The molecule has 5 rings (SSSR count). The first-order valence-corrected chi connectivity index (χ1v) is 12.1. The van der Waals surface area contributed by atoms with E-state index in [1.807, 2.05) is 42.3 Å². The molecule has 186 valence electrons. The maximum atomic E-state index is 11.8. The maximum absolute atomic E-state index is 11.8. The first-order chi connectivity index (χ1) is 17.1. The van der Waals surface area contributed by atoms with Crippen LogP contribution in [0.25, 0.3) is 0 Å². The highest BCUT2D eigenvalue weighted by molar-refractivity contribution is 5.95. The number of ether oxygens (including phenoxy) is 4. The molecule has 2 saturated heterocycles. The molecule has 9 heteroatoms. The smallest absolute Gasteiger partial charge is 0.260 e. The number of likely N-dealkylation sites (tertiary alicyclic amines) is 1. The van der Waals surface area contributed by atoms with Crippen LogP contribution in [-0.2, 0) is 16.1 Å². The van der Waals surface area contributed by atoms with Gasteiger partial charge in [0.05, 0.1) is 14.2 Å². The van der Waals surface area contributed by atoms with Crippen molar-refractivity contribution in [3.05, 3.63) is 53.1 Å². The molecule has 2 aromatic rings. The fraction of sp³-hybridized carbons (Fsp3) is 0.462. The third-order valence-electron chi connectivity index (χ3n) is 6.80. The number of rotatable bonds is 9. The van der Waals surface area contributed by atoms with Crippen LogP contribution < -0.4 is 14.2 Å². The summed E-state index contributed by atoms with van der Waals surface area (Å²) < 4.78 is 23.2. The maximum Gasteiger partial charge on any atom is 0.260 e. The molecule has 0 amide bonds. The molecule has 9 nitrogen and oxygen atoms in total. The van der Waals surface area contributed by atoms with Crippen molar-refractivity contribution >= 4 is 12.2 Å². The van der Waals surface area contributed by atoms with E-state index in [4.69, 9.17) is 18.9 Å². The minimum atomic E-state index is -0.836. The number of aldehydes is 1. The van der Waals surface area contributed by atoms with Gasteiger partial charge in [0, 0.05) is 36.2 Å². The summed E-state index contributed by atoms with van der Waals surface area (Å²) in [6, 6.07) is 11.5. The Morgan fingerprint density at radius 3 is 2.46 bits per heavy atom. The first-order valence-electron chi connectivity index (χ1n) is 12.1. The molecule has 0 N–H and O–H groups in total. The fourth-order valence-electron chi connectivity index (χ4n) is 4.78. The van der Waals surface area contributed by atoms with Gasteiger partial charge in [-0.1, -0.05) is 6.07 Å². The van der Waals surface area contributed by atoms with E-state index in [1.54, 1.807) is 19.3 Å². The van der Waals surface area contributed by atoms with Crippen molar-refractivity contribution in [3.8, 4) is 17.2 Å². The molecule has 0 aromatic heterocycles. The van der Waals surface area contributed by atoms with Gasteiger partial charge < -0.3 is 18.9 Å². The largest absolute Gasteiger partial charge is 0.497 e. The van der Waals surface area contributed by atoms with Crippen LogP contribution in [-0.4, -0.2) is 73.5 Å². The lowest BCUT2D eigenvalue weighted by Crippen LogP contribution is -2.60. The predicted molar refractivity (Wildman–Crippen MR) is 130 cm³/mol. The van der Waals surface area contributed by atoms with E-state index in [-0.39, 0.29) is 6.23 Å². The van der Waals surface area contributed by atoms with Crippen molar-refractivity contribution < 1.29 is 23.7 Å². The average Bonchev–Trinajstić information content (AvgIpc) is 3.53. The number of hydrogen-bond acceptors (Lipinski definition) is 9. The second kappa shape index (κ2) is 10.1. The van der Waals surface area contributed by atoms with Crippen molar-refractivity contribution in [2.24, 2.45) is 5.10 Å². The Bertz CT molecular complexity index is 1080. The number of hydrazine groups is 1. The molecule has 2 atom stereocenters. The van der Waals surface area contributed by atoms with E-state index < -0.39 is 6.23 Å². The molecule has 2 fully saturated rings. The zero-order chi connectivity index (χ0) is 24.4. The molecule has 2 unspecified atom stereocenters. The van der Waals surface area contributed by atoms with Gasteiger partial charge in [-0.3, -0.25) is 9.69 Å². The molecule has 2 aromatic carbocycles. The van der Waals surface area contributed by atoms with Gasteiger partial charge in [0.2, 0.25) is 5.90 Å². The second-order valence-electron chi connectivity index (χ2n) is 8.99. The van der Waals surface area contributed by atoms with E-state index in [9.17, 15) is 4.79 Å². The first kappa shape index (κ1) is 23.4. The van der Waals surface area contributed by atoms with Gasteiger partial charge in [-0.15, -0.1) is 5.10 Å². The summed E-state index contributed by atoms with van der Waals surface area (Å²) in [6.07, 6.45) is 2.98. The van der Waals surface area contributed by atoms with Gasteiger partial charge in [-0.05, 0) is 63.2 Å². The number of methoxy groups -OCH3 is 2. The molecule has 0 aliphatic carbocycles. The molecule has 0 radical (unpaired) electrons. The number of hydrogen-bond donors (Lipinski definition) is 0. The van der Waals surface area contributed by atoms with E-state index in [1.165, 1.54) is 18.4 Å². The highest BCUT2D eigenvalue weighted by atomic mass is 16.6. The Labute approximate surface area is 205 Å². The highest BCUT2D eigenvalue weighted by Crippen LogP contribution is 2.36. The number of carbonyl (C=O) groups is 1. The molecular formula is C26H32N4O5. The van der Waals surface area contributed by atoms with Gasteiger partial charge >= 0.3 is 0 Å². The summed E-state index contributed by atoms with van der Waals surface area (Å²) >= 11 is 0. The van der Waals surface area contributed by atoms with Crippen LogP contribution in [0.15, 0.2) is 41.5 Å². The Morgan fingerprint density at radius 2 is 1.83 bits per heavy atom. The van der Waals surface area contributed by atoms with Crippen LogP contribution in [0.3, 0.4) is 0 Å². The minimum Gasteiger partial charge on any atom is -0.497 e. The molecule has 0 spiro atoms. The molecule has 3 aliphatic rings. The van der Waals surface area contributed by atoms with Crippen LogP contribution in [0.2, 0.25) is 0 Å². The summed E-state index contributed by atoms with van der Waals surface area (Å²) in [4.78, 5) is 14.2. The van der Waals surface area contributed by atoms with Crippen molar-refractivity contribution in [1.82, 2.24) is 15.0 Å². The number of hydrazone groups is 1. The molecule has 35 heavy (non-hydrogen) atoms. The average molecular weight is 481 g/mol. The lowest BCUT2D eigenvalue weighted by atomic mass is 10.1. The molecule has 0 bridgehead atoms. The van der Waals surface area contributed by atoms with Crippen molar-refractivity contribution in [2.45, 2.75) is 45.2 Å². The topological polar surface area (TPSA) is 76.1 Å². The summed E-state index contributed by atoms with van der Waals surface area (Å²) in [5.74, 6) is 2.77. The van der Waals surface area contributed by atoms with Gasteiger partial charge in [0.1, 0.15) is 17.2 Å². The number of benzene rings is 2. The van der Waals surface area contributed by atoms with E-state index in [2.05, 4.69) is 16.1 Å². The molecule has 3 heterocycles. The third kappa shape index (κ3) is 4.66. The quantitative estimate of drug-likeness (QED) is 0.507. The Kier molecular flexibility index (Phi) is 6.79. The second-order valence-corrected chi connectivity index (χ2v) is 8.99. The summed E-state index contributed by atoms with van der Waals surface area (Å²) in [7, 11) is 3.33. The van der Waals surface area contributed by atoms with Crippen LogP contribution in [0.1, 0.15) is 36.0 Å². The predicted octanol–water partition coefficient (Wildman–Crippen LogP) is 3.15. The number of carbonyl (C=O) groups excluding carboxylic acids is 1. The van der Waals surface area contributed by atoms with Gasteiger partial charge in [0.25, 0.3) is 6.23 Å². The van der Waals surface area contributed by atoms with Crippen molar-refractivity contribution in [2.75, 3.05) is 33.9 Å². The highest BCUT2D eigenvalue weighted by Gasteiger charge is 2.42. The van der Waals surface area contributed by atoms with Crippen LogP contribution in [0.5, 0.6) is 17.2 Å². The summed E-state index contributed by atoms with van der Waals surface area (Å²) in [5.41, 5.74) is 2.92. The molecular weight excluding hydrogens is 448 g/mol. The standard InChI is InChI=1S/C26H32N4O5/c1-18-22(11-8-20(25(18)33-3)16-28-13-4-5-14-28)34-23-12-15-29(23)30-24(17-31)35-26(27-30)19-6-9-21(32-2)10-7-19/h6-11,17,23-24H,4-5,12-16H2,1-3H3. The normalized spacial score (nSPS) is 22.4. The van der Waals surface area contributed by atoms with Gasteiger partial charge in [-0.25, -0.2) is 0 Å². The van der Waals surface area contributed by atoms with Gasteiger partial charge in [0.15, 0.2) is 12.5 Å². The van der Waals surface area contributed by atoms with Crippen molar-refractivity contribution in [1.29, 1.82) is 0 Å². The Hall–Kier alpha value is -3.30. The lowest BCUT2D eigenvalue weighted by Gasteiger charge is -2.44. The summed E-state index contributed by atoms with van der Waals surface area (Å²) in [6.45, 7) is 5.88. The van der Waals surface area contributed by atoms with E-state index >= 15 is 0 Å². The number of nitrogens with zero attached hydrogens (tertiary/aromatic N) is 4. The summed E-state index contributed by atoms with van der Waals surface area (Å²) in [5, 5.41) is 8.07. The monoisotopic (exact) mass is 480 g/mol. The Balaban J connectivity index is 1.31. The molecule has 3 aliphatic heterocycles. The zero-order valence-electron chi connectivity index (χ0n) is 20.5. The SMILES string of the molecule is COc1ccc(C2=NN(N3CCC3Oc3ccc(CN4CCCC4)c(OC)c3C)C(C=O)O2)cc1. The zero-order valence-corrected chi connectivity index (χ0v) is 20.5. The molecule has 0 saturated carbocycles. The minimum absolute atomic E-state index is 0.257. The van der Waals surface area contributed by atoms with Crippen molar-refractivity contribution in [3.63, 3.8) is 0 Å². The van der Waals surface area contributed by atoms with Crippen LogP contribution in [0.4, 0.5) is 0 Å². The fourth-order valence-corrected chi connectivity index (χ4v) is 4.78. The van der Waals surface area contributed by atoms with Crippen LogP contribution >= 0.6 is 0 Å². The van der Waals surface area contributed by atoms with Gasteiger partial charge in [-0.2, -0.15) is 10.1 Å². The van der Waals surface area contributed by atoms with Crippen LogP contribution in [0, 0.1) is 6.92 Å². The Morgan fingerprint density at radius 1 is 1.06 bits per heavy atom.